The Bertz CT molecular complexity index is 252. The maximum Gasteiger partial charge on any atom is 0.192 e. The fourth-order valence-electron chi connectivity index (χ4n) is 1.25. The van der Waals surface area contributed by atoms with Gasteiger partial charge in [-0.05, 0) is 18.1 Å². The van der Waals surface area contributed by atoms with Gasteiger partial charge in [-0.2, -0.15) is 0 Å². The molecule has 0 aliphatic carbocycles. The first-order valence-electron chi connectivity index (χ1n) is 6.09. The normalized spacial score (nSPS) is 26.9. The van der Waals surface area contributed by atoms with Gasteiger partial charge in [0.2, 0.25) is 0 Å². The van der Waals surface area contributed by atoms with Crippen molar-refractivity contribution in [2.45, 2.75) is 51.1 Å². The van der Waals surface area contributed by atoms with Crippen molar-refractivity contribution < 1.29 is 18.7 Å². The van der Waals surface area contributed by atoms with E-state index in [0.717, 1.165) is 6.29 Å². The van der Waals surface area contributed by atoms with Gasteiger partial charge in [-0.3, -0.25) is 0 Å². The first-order chi connectivity index (χ1) is 7.76. The molecule has 0 bridgehead atoms. The van der Waals surface area contributed by atoms with E-state index >= 15 is 0 Å². The van der Waals surface area contributed by atoms with E-state index in [2.05, 4.69) is 33.9 Å². The van der Waals surface area contributed by atoms with Gasteiger partial charge in [0, 0.05) is 0 Å². The molecule has 1 saturated heterocycles. The van der Waals surface area contributed by atoms with Crippen molar-refractivity contribution in [1.82, 2.24) is 0 Å². The number of hydrogen-bond acceptors (Lipinski definition) is 4. The standard InChI is InChI=1S/C12H24O4Si/c1-12(2,3)17(4,5)16-9-11-8-14-10(6-13)7-15-11/h6,10-11H,7-9H2,1-5H3. The maximum absolute atomic E-state index is 10.5. The zero-order valence-electron chi connectivity index (χ0n) is 11.5. The molecule has 0 aromatic heterocycles. The lowest BCUT2D eigenvalue weighted by Gasteiger charge is -2.38. The Balaban J connectivity index is 2.35. The summed E-state index contributed by atoms with van der Waals surface area (Å²) in [6, 6.07) is 0. The fraction of sp³-hybridized carbons (Fsp3) is 0.917. The van der Waals surface area contributed by atoms with E-state index in [1.54, 1.807) is 0 Å². The van der Waals surface area contributed by atoms with E-state index < -0.39 is 14.4 Å². The summed E-state index contributed by atoms with van der Waals surface area (Å²) in [6.45, 7) is 12.4. The minimum atomic E-state index is -1.72. The summed E-state index contributed by atoms with van der Waals surface area (Å²) in [5.41, 5.74) is 0. The molecule has 1 aliphatic rings. The quantitative estimate of drug-likeness (QED) is 0.573. The number of carbonyl (C=O) groups is 1. The molecule has 0 aromatic carbocycles. The van der Waals surface area contributed by atoms with Gasteiger partial charge in [-0.25, -0.2) is 0 Å². The van der Waals surface area contributed by atoms with Crippen LogP contribution in [0.15, 0.2) is 0 Å². The van der Waals surface area contributed by atoms with E-state index in [9.17, 15) is 4.79 Å². The Morgan fingerprint density at radius 2 is 1.94 bits per heavy atom. The topological polar surface area (TPSA) is 44.8 Å². The lowest BCUT2D eigenvalue weighted by Crippen LogP contribution is -2.45. The number of rotatable bonds is 4. The molecule has 2 atom stereocenters. The summed E-state index contributed by atoms with van der Waals surface area (Å²) < 4.78 is 16.9. The van der Waals surface area contributed by atoms with Gasteiger partial charge in [0.25, 0.3) is 0 Å². The lowest BCUT2D eigenvalue weighted by atomic mass is 10.2. The summed E-state index contributed by atoms with van der Waals surface area (Å²) in [6.07, 6.45) is 0.338. The average Bonchev–Trinajstić information content (AvgIpc) is 2.25. The van der Waals surface area contributed by atoms with Gasteiger partial charge >= 0.3 is 0 Å². The molecule has 0 amide bonds. The molecule has 1 heterocycles. The molecular weight excluding hydrogens is 236 g/mol. The molecule has 0 aromatic rings. The zero-order chi connectivity index (χ0) is 13.1. The Hall–Kier alpha value is -0.233. The third-order valence-electron chi connectivity index (χ3n) is 3.58. The van der Waals surface area contributed by atoms with Crippen LogP contribution in [0.2, 0.25) is 18.1 Å². The van der Waals surface area contributed by atoms with Crippen molar-refractivity contribution in [1.29, 1.82) is 0 Å². The molecule has 17 heavy (non-hydrogen) atoms. The first-order valence-corrected chi connectivity index (χ1v) is 8.99. The molecular formula is C12H24O4Si. The van der Waals surface area contributed by atoms with Crippen LogP contribution < -0.4 is 0 Å². The van der Waals surface area contributed by atoms with Gasteiger partial charge in [0.05, 0.1) is 19.8 Å². The number of carbonyl (C=O) groups excluding carboxylic acids is 1. The van der Waals surface area contributed by atoms with Crippen LogP contribution in [-0.2, 0) is 18.7 Å². The monoisotopic (exact) mass is 260 g/mol. The summed E-state index contributed by atoms with van der Waals surface area (Å²) in [5, 5.41) is 0.202. The molecule has 2 unspecified atom stereocenters. The van der Waals surface area contributed by atoms with Gasteiger partial charge in [0.15, 0.2) is 14.6 Å². The van der Waals surface area contributed by atoms with Gasteiger partial charge in [-0.15, -0.1) is 0 Å². The minimum Gasteiger partial charge on any atom is -0.414 e. The molecule has 0 saturated carbocycles. The third kappa shape index (κ3) is 4.17. The molecule has 0 N–H and O–H groups in total. The molecule has 0 spiro atoms. The fourth-order valence-corrected chi connectivity index (χ4v) is 2.29. The summed E-state index contributed by atoms with van der Waals surface area (Å²) >= 11 is 0. The highest BCUT2D eigenvalue weighted by molar-refractivity contribution is 6.74. The van der Waals surface area contributed by atoms with Crippen LogP contribution in [0.5, 0.6) is 0 Å². The molecule has 1 rings (SSSR count). The molecule has 0 radical (unpaired) electrons. The van der Waals surface area contributed by atoms with E-state index in [-0.39, 0.29) is 11.1 Å². The zero-order valence-corrected chi connectivity index (χ0v) is 12.5. The first kappa shape index (κ1) is 14.8. The molecule has 4 nitrogen and oxygen atoms in total. The predicted octanol–water partition coefficient (Wildman–Crippen LogP) is 1.99. The van der Waals surface area contributed by atoms with Crippen LogP contribution in [0.25, 0.3) is 0 Å². The molecule has 100 valence electrons. The van der Waals surface area contributed by atoms with Gasteiger partial charge in [-0.1, -0.05) is 20.8 Å². The van der Waals surface area contributed by atoms with Crippen molar-refractivity contribution in [3.8, 4) is 0 Å². The van der Waals surface area contributed by atoms with Crippen LogP contribution in [0.1, 0.15) is 20.8 Å². The maximum atomic E-state index is 10.5. The second-order valence-electron chi connectivity index (χ2n) is 6.03. The number of ether oxygens (including phenoxy) is 2. The van der Waals surface area contributed by atoms with Crippen LogP contribution >= 0.6 is 0 Å². The minimum absolute atomic E-state index is 0.0414. The van der Waals surface area contributed by atoms with E-state index in [0.29, 0.717) is 19.8 Å². The van der Waals surface area contributed by atoms with Crippen LogP contribution in [0.4, 0.5) is 0 Å². The smallest absolute Gasteiger partial charge is 0.192 e. The van der Waals surface area contributed by atoms with E-state index in [1.807, 2.05) is 0 Å². The predicted molar refractivity (Wildman–Crippen MR) is 68.7 cm³/mol. The second kappa shape index (κ2) is 5.61. The SMILES string of the molecule is CC(C)(C)[Si](C)(C)OCC1COC(C=O)CO1. The third-order valence-corrected chi connectivity index (χ3v) is 8.08. The second-order valence-corrected chi connectivity index (χ2v) is 10.8. The van der Waals surface area contributed by atoms with Gasteiger partial charge in [0.1, 0.15) is 12.2 Å². The van der Waals surface area contributed by atoms with Crippen molar-refractivity contribution >= 4 is 14.6 Å². The highest BCUT2D eigenvalue weighted by Gasteiger charge is 2.38. The van der Waals surface area contributed by atoms with Crippen molar-refractivity contribution in [2.75, 3.05) is 19.8 Å². The summed E-state index contributed by atoms with van der Waals surface area (Å²) in [7, 11) is -1.72. The Labute approximate surface area is 105 Å². The van der Waals surface area contributed by atoms with Crippen molar-refractivity contribution in [3.05, 3.63) is 0 Å². The number of hydrogen-bond donors (Lipinski definition) is 0. The Morgan fingerprint density at radius 1 is 1.29 bits per heavy atom. The highest BCUT2D eigenvalue weighted by Crippen LogP contribution is 2.36. The highest BCUT2D eigenvalue weighted by atomic mass is 28.4. The van der Waals surface area contributed by atoms with E-state index in [1.165, 1.54) is 0 Å². The van der Waals surface area contributed by atoms with Crippen LogP contribution in [0, 0.1) is 0 Å². The average molecular weight is 260 g/mol. The molecule has 1 fully saturated rings. The van der Waals surface area contributed by atoms with Crippen molar-refractivity contribution in [3.63, 3.8) is 0 Å². The Kier molecular flexibility index (Phi) is 4.89. The largest absolute Gasteiger partial charge is 0.414 e. The van der Waals surface area contributed by atoms with Crippen LogP contribution in [-0.4, -0.2) is 46.6 Å². The van der Waals surface area contributed by atoms with Crippen molar-refractivity contribution in [2.24, 2.45) is 0 Å². The number of aldehydes is 1. The molecule has 5 heteroatoms. The van der Waals surface area contributed by atoms with Crippen LogP contribution in [0.3, 0.4) is 0 Å². The summed E-state index contributed by atoms with van der Waals surface area (Å²) in [5.74, 6) is 0. The lowest BCUT2D eigenvalue weighted by molar-refractivity contribution is -0.153. The summed E-state index contributed by atoms with van der Waals surface area (Å²) in [4.78, 5) is 10.5. The van der Waals surface area contributed by atoms with Gasteiger partial charge < -0.3 is 18.7 Å². The van der Waals surface area contributed by atoms with E-state index in [4.69, 9.17) is 13.9 Å². The molecule has 1 aliphatic heterocycles. The Morgan fingerprint density at radius 3 is 2.35 bits per heavy atom.